The van der Waals surface area contributed by atoms with Gasteiger partial charge in [0.05, 0.1) is 10.6 Å². The minimum Gasteiger partial charge on any atom is -0.481 e. The maximum atomic E-state index is 10.4. The summed E-state index contributed by atoms with van der Waals surface area (Å²) in [6.45, 7) is 0. The van der Waals surface area contributed by atoms with E-state index in [1.807, 2.05) is 17.5 Å². The third-order valence-electron chi connectivity index (χ3n) is 1.79. The molecule has 2 aromatic rings. The van der Waals surface area contributed by atoms with Gasteiger partial charge in [0, 0.05) is 7.05 Å². The zero-order chi connectivity index (χ0) is 11.5. The van der Waals surface area contributed by atoms with Crippen LogP contribution in [0.25, 0.3) is 10.7 Å². The van der Waals surface area contributed by atoms with E-state index in [9.17, 15) is 4.79 Å². The number of aromatic nitrogens is 3. The Morgan fingerprint density at radius 3 is 3.12 bits per heavy atom. The SMILES string of the molecule is Cn1nc(-c2cccs2)nc1SCC(=O)O. The van der Waals surface area contributed by atoms with Gasteiger partial charge in [0.2, 0.25) is 0 Å². The predicted molar refractivity (Wildman–Crippen MR) is 62.7 cm³/mol. The second kappa shape index (κ2) is 4.67. The van der Waals surface area contributed by atoms with E-state index in [1.54, 1.807) is 23.1 Å². The summed E-state index contributed by atoms with van der Waals surface area (Å²) in [6.07, 6.45) is 0. The molecule has 0 fully saturated rings. The first kappa shape index (κ1) is 11.2. The van der Waals surface area contributed by atoms with Crippen LogP contribution < -0.4 is 0 Å². The predicted octanol–water partition coefficient (Wildman–Crippen LogP) is 1.72. The lowest BCUT2D eigenvalue weighted by Crippen LogP contribution is -2.00. The molecule has 0 aliphatic carbocycles. The summed E-state index contributed by atoms with van der Waals surface area (Å²) >= 11 is 2.73. The van der Waals surface area contributed by atoms with E-state index < -0.39 is 5.97 Å². The van der Waals surface area contributed by atoms with Crippen molar-refractivity contribution >= 4 is 29.1 Å². The Hall–Kier alpha value is -1.34. The van der Waals surface area contributed by atoms with Gasteiger partial charge in [-0.15, -0.1) is 16.4 Å². The minimum absolute atomic E-state index is 0.00356. The second-order valence-corrected chi connectivity index (χ2v) is 4.89. The standard InChI is InChI=1S/C9H9N3O2S2/c1-12-9(16-5-7(13)14)10-8(11-12)6-3-2-4-15-6/h2-4H,5H2,1H3,(H,13,14). The summed E-state index contributed by atoms with van der Waals surface area (Å²) in [5.41, 5.74) is 0. The van der Waals surface area contributed by atoms with Gasteiger partial charge in [-0.05, 0) is 11.4 Å². The number of hydrogen-bond acceptors (Lipinski definition) is 5. The maximum Gasteiger partial charge on any atom is 0.313 e. The van der Waals surface area contributed by atoms with Crippen LogP contribution in [0.15, 0.2) is 22.7 Å². The van der Waals surface area contributed by atoms with Crippen LogP contribution in [0.5, 0.6) is 0 Å². The van der Waals surface area contributed by atoms with Gasteiger partial charge in [0.1, 0.15) is 0 Å². The van der Waals surface area contributed by atoms with Crippen molar-refractivity contribution in [1.29, 1.82) is 0 Å². The molecule has 0 saturated heterocycles. The maximum absolute atomic E-state index is 10.4. The van der Waals surface area contributed by atoms with Crippen molar-refractivity contribution in [3.05, 3.63) is 17.5 Å². The molecule has 0 radical (unpaired) electrons. The van der Waals surface area contributed by atoms with E-state index in [1.165, 1.54) is 11.8 Å². The third kappa shape index (κ3) is 2.42. The van der Waals surface area contributed by atoms with Gasteiger partial charge in [-0.2, -0.15) is 0 Å². The van der Waals surface area contributed by atoms with Crippen molar-refractivity contribution in [1.82, 2.24) is 14.8 Å². The summed E-state index contributed by atoms with van der Waals surface area (Å²) in [5, 5.41) is 15.4. The number of aliphatic carboxylic acids is 1. The highest BCUT2D eigenvalue weighted by Gasteiger charge is 2.11. The molecule has 2 heterocycles. The Kier molecular flexibility index (Phi) is 3.25. The Labute approximate surface area is 100 Å². The molecule has 0 aliphatic rings. The Bertz CT molecular complexity index is 493. The summed E-state index contributed by atoms with van der Waals surface area (Å²) in [4.78, 5) is 15.7. The fourth-order valence-electron chi connectivity index (χ4n) is 1.13. The number of thiophene rings is 1. The third-order valence-corrected chi connectivity index (χ3v) is 3.66. The van der Waals surface area contributed by atoms with Crippen LogP contribution in [0.2, 0.25) is 0 Å². The molecule has 0 aliphatic heterocycles. The molecule has 0 saturated carbocycles. The number of carboxylic acid groups (broad SMARTS) is 1. The monoisotopic (exact) mass is 255 g/mol. The molecule has 16 heavy (non-hydrogen) atoms. The quantitative estimate of drug-likeness (QED) is 0.842. The number of thioether (sulfide) groups is 1. The highest BCUT2D eigenvalue weighted by atomic mass is 32.2. The highest BCUT2D eigenvalue weighted by molar-refractivity contribution is 7.99. The topological polar surface area (TPSA) is 68.0 Å². The molecule has 0 unspecified atom stereocenters. The Morgan fingerprint density at radius 2 is 2.50 bits per heavy atom. The molecule has 0 atom stereocenters. The van der Waals surface area contributed by atoms with Crippen LogP contribution in [-0.2, 0) is 11.8 Å². The van der Waals surface area contributed by atoms with Gasteiger partial charge in [-0.3, -0.25) is 4.79 Å². The molecule has 0 aromatic carbocycles. The first-order valence-electron chi connectivity index (χ1n) is 4.46. The zero-order valence-electron chi connectivity index (χ0n) is 8.45. The molecule has 0 bridgehead atoms. The van der Waals surface area contributed by atoms with Gasteiger partial charge in [0.25, 0.3) is 0 Å². The molecule has 7 heteroatoms. The largest absolute Gasteiger partial charge is 0.481 e. The summed E-state index contributed by atoms with van der Waals surface area (Å²) in [5.74, 6) is -0.216. The van der Waals surface area contributed by atoms with Crippen LogP contribution >= 0.6 is 23.1 Å². The lowest BCUT2D eigenvalue weighted by atomic mass is 10.4. The fourth-order valence-corrected chi connectivity index (χ4v) is 2.42. The molecule has 1 N–H and O–H groups in total. The smallest absolute Gasteiger partial charge is 0.313 e. The Morgan fingerprint density at radius 1 is 1.69 bits per heavy atom. The Balaban J connectivity index is 2.19. The molecule has 2 rings (SSSR count). The molecule has 5 nitrogen and oxygen atoms in total. The van der Waals surface area contributed by atoms with E-state index in [0.717, 1.165) is 4.88 Å². The molecule has 0 amide bonds. The first-order valence-corrected chi connectivity index (χ1v) is 6.33. The number of rotatable bonds is 4. The van der Waals surface area contributed by atoms with Crippen LogP contribution in [0.3, 0.4) is 0 Å². The van der Waals surface area contributed by atoms with E-state index in [2.05, 4.69) is 10.1 Å². The van der Waals surface area contributed by atoms with Gasteiger partial charge in [0.15, 0.2) is 11.0 Å². The van der Waals surface area contributed by atoms with E-state index >= 15 is 0 Å². The van der Waals surface area contributed by atoms with Crippen molar-refractivity contribution in [2.45, 2.75) is 5.16 Å². The van der Waals surface area contributed by atoms with Gasteiger partial charge in [-0.25, -0.2) is 9.67 Å². The van der Waals surface area contributed by atoms with Crippen LogP contribution in [0.4, 0.5) is 0 Å². The van der Waals surface area contributed by atoms with Crippen molar-refractivity contribution in [2.24, 2.45) is 7.05 Å². The summed E-state index contributed by atoms with van der Waals surface area (Å²) < 4.78 is 1.60. The first-order chi connectivity index (χ1) is 7.66. The van der Waals surface area contributed by atoms with Crippen molar-refractivity contribution in [2.75, 3.05) is 5.75 Å². The van der Waals surface area contributed by atoms with Crippen molar-refractivity contribution < 1.29 is 9.90 Å². The summed E-state index contributed by atoms with van der Waals surface area (Å²) in [7, 11) is 1.76. The van der Waals surface area contributed by atoms with E-state index in [4.69, 9.17) is 5.11 Å². The highest BCUT2D eigenvalue weighted by Crippen LogP contribution is 2.24. The fraction of sp³-hybridized carbons (Fsp3) is 0.222. The lowest BCUT2D eigenvalue weighted by Gasteiger charge is -1.94. The second-order valence-electron chi connectivity index (χ2n) is 3.00. The average Bonchev–Trinajstić information content (AvgIpc) is 2.83. The van der Waals surface area contributed by atoms with E-state index in [-0.39, 0.29) is 5.75 Å². The van der Waals surface area contributed by atoms with Crippen LogP contribution in [0, 0.1) is 0 Å². The zero-order valence-corrected chi connectivity index (χ0v) is 10.1. The molecular weight excluding hydrogens is 246 g/mol. The number of hydrogen-bond donors (Lipinski definition) is 1. The lowest BCUT2D eigenvalue weighted by molar-refractivity contribution is -0.133. The van der Waals surface area contributed by atoms with Gasteiger partial charge in [-0.1, -0.05) is 17.8 Å². The summed E-state index contributed by atoms with van der Waals surface area (Å²) in [6, 6.07) is 3.87. The van der Waals surface area contributed by atoms with Gasteiger partial charge >= 0.3 is 5.97 Å². The average molecular weight is 255 g/mol. The molecule has 84 valence electrons. The molecular formula is C9H9N3O2S2. The minimum atomic E-state index is -0.856. The van der Waals surface area contributed by atoms with Crippen LogP contribution in [-0.4, -0.2) is 31.6 Å². The number of aryl methyl sites for hydroxylation is 1. The van der Waals surface area contributed by atoms with Crippen molar-refractivity contribution in [3.63, 3.8) is 0 Å². The number of nitrogens with zero attached hydrogens (tertiary/aromatic N) is 3. The van der Waals surface area contributed by atoms with Gasteiger partial charge < -0.3 is 5.11 Å². The number of carbonyl (C=O) groups is 1. The van der Waals surface area contributed by atoms with Crippen LogP contribution in [0.1, 0.15) is 0 Å². The molecule has 2 aromatic heterocycles. The van der Waals surface area contributed by atoms with E-state index in [0.29, 0.717) is 11.0 Å². The normalized spacial score (nSPS) is 10.6. The van der Waals surface area contributed by atoms with Crippen molar-refractivity contribution in [3.8, 4) is 10.7 Å². The number of carboxylic acids is 1. The molecule has 0 spiro atoms.